The molecular weight excluding hydrogens is 561 g/mol. The third-order valence-electron chi connectivity index (χ3n) is 5.50. The molecule has 0 rings (SSSR count). The Morgan fingerprint density at radius 2 is 1.24 bits per heavy atom. The highest BCUT2D eigenvalue weighted by Crippen LogP contribution is 2.03. The van der Waals surface area contributed by atoms with Crippen LogP contribution in [0.25, 0.3) is 0 Å². The first-order valence-electron chi connectivity index (χ1n) is 14.2. The van der Waals surface area contributed by atoms with Gasteiger partial charge in [-0.2, -0.15) is 4.39 Å². The van der Waals surface area contributed by atoms with Crippen LogP contribution in [-0.2, 0) is 42.9 Å². The summed E-state index contributed by atoms with van der Waals surface area (Å²) in [5.74, 6) is -2.06. The minimum absolute atomic E-state index is 0.0138. The Kier molecular flexibility index (Phi) is 25.3. The molecule has 15 nitrogen and oxygen atoms in total. The summed E-state index contributed by atoms with van der Waals surface area (Å²) in [7, 11) is 0. The first-order chi connectivity index (χ1) is 20.2. The van der Waals surface area contributed by atoms with Crippen molar-refractivity contribution in [3.05, 3.63) is 0 Å². The van der Waals surface area contributed by atoms with Crippen molar-refractivity contribution in [1.29, 1.82) is 0 Å². The lowest BCUT2D eigenvalue weighted by Gasteiger charge is -2.13. The van der Waals surface area contributed by atoms with Gasteiger partial charge < -0.3 is 51.1 Å². The van der Waals surface area contributed by atoms with Gasteiger partial charge >= 0.3 is 12.0 Å². The van der Waals surface area contributed by atoms with Crippen LogP contribution in [0.15, 0.2) is 0 Å². The van der Waals surface area contributed by atoms with Gasteiger partial charge in [0, 0.05) is 26.1 Å². The molecule has 0 aliphatic rings. The lowest BCUT2D eigenvalue weighted by molar-refractivity contribution is -0.139. The Bertz CT molecular complexity index is 778. The van der Waals surface area contributed by atoms with E-state index in [1.165, 1.54) is 0 Å². The average Bonchev–Trinajstić information content (AvgIpc) is 2.95. The molecule has 0 aromatic carbocycles. The Labute approximate surface area is 246 Å². The summed E-state index contributed by atoms with van der Waals surface area (Å²) in [5, 5.41) is 19.4. The van der Waals surface area contributed by atoms with Crippen LogP contribution in [-0.4, -0.2) is 126 Å². The highest BCUT2D eigenvalue weighted by atomic mass is 19.1. The molecule has 0 saturated heterocycles. The van der Waals surface area contributed by atoms with E-state index in [-0.39, 0.29) is 96.5 Å². The molecule has 0 aromatic rings. The largest absolute Gasteiger partial charge is 0.480 e. The van der Waals surface area contributed by atoms with Crippen LogP contribution in [0.3, 0.4) is 0 Å². The van der Waals surface area contributed by atoms with Crippen LogP contribution < -0.4 is 27.0 Å². The maximum absolute atomic E-state index is 12.9. The van der Waals surface area contributed by atoms with Crippen molar-refractivity contribution in [2.75, 3.05) is 79.0 Å². The zero-order valence-corrected chi connectivity index (χ0v) is 24.5. The first-order valence-corrected chi connectivity index (χ1v) is 14.2. The third kappa shape index (κ3) is 25.0. The van der Waals surface area contributed by atoms with Crippen molar-refractivity contribution in [3.8, 4) is 0 Å². The molecule has 0 saturated carbocycles. The van der Waals surface area contributed by atoms with Crippen molar-refractivity contribution in [1.82, 2.24) is 21.3 Å². The number of rotatable bonds is 29. The second kappa shape index (κ2) is 27.1. The van der Waals surface area contributed by atoms with Gasteiger partial charge in [0.05, 0.1) is 45.7 Å². The fourth-order valence-corrected chi connectivity index (χ4v) is 3.21. The van der Waals surface area contributed by atoms with Gasteiger partial charge in [0.2, 0.25) is 17.7 Å². The molecule has 16 heteroatoms. The molecule has 3 amide bonds. The van der Waals surface area contributed by atoms with Gasteiger partial charge in [0.25, 0.3) is 0 Å². The van der Waals surface area contributed by atoms with Crippen LogP contribution in [0, 0.1) is 0 Å². The maximum Gasteiger partial charge on any atom is 0.320 e. The van der Waals surface area contributed by atoms with Gasteiger partial charge in [-0.05, 0) is 38.6 Å². The lowest BCUT2D eigenvalue weighted by Crippen LogP contribution is -2.35. The predicted molar refractivity (Wildman–Crippen MR) is 149 cm³/mol. The van der Waals surface area contributed by atoms with E-state index >= 15 is 0 Å². The monoisotopic (exact) mass is 609 g/mol. The van der Waals surface area contributed by atoms with Crippen molar-refractivity contribution in [3.63, 3.8) is 0 Å². The molecule has 0 spiro atoms. The number of nitrogens with two attached hydrogens (primary N) is 1. The molecule has 2 atom stereocenters. The topological polar surface area (TPSA) is 217 Å². The number of amides is 3. The molecule has 0 aliphatic heterocycles. The molecule has 0 aromatic heterocycles. The number of halogens is 1. The number of unbranched alkanes of at least 4 members (excludes halogenated alkanes) is 1. The van der Waals surface area contributed by atoms with Crippen molar-refractivity contribution >= 4 is 29.7 Å². The Hall–Kier alpha value is -2.76. The quantitative estimate of drug-likeness (QED) is 0.0428. The van der Waals surface area contributed by atoms with E-state index in [9.17, 15) is 28.4 Å². The number of nitrogens with one attached hydrogen (secondary N) is 4. The smallest absolute Gasteiger partial charge is 0.320 e. The van der Waals surface area contributed by atoms with Gasteiger partial charge in [0.15, 0.2) is 0 Å². The molecule has 42 heavy (non-hydrogen) atoms. The zero-order valence-electron chi connectivity index (χ0n) is 24.5. The SMILES string of the molecule is CCCN[C@@H](CCCCNC(=O)COCCOCCNC(=O)COCCOCCNC(=O)CC[C@H](N)C(=O)O)C(=O)F. The van der Waals surface area contributed by atoms with Gasteiger partial charge in [-0.15, -0.1) is 0 Å². The molecule has 0 radical (unpaired) electrons. The zero-order chi connectivity index (χ0) is 31.4. The molecular formula is C26H48FN5O10. The number of carboxylic acids is 1. The normalized spacial score (nSPS) is 12.4. The second-order valence-corrected chi connectivity index (χ2v) is 9.17. The van der Waals surface area contributed by atoms with E-state index < -0.39 is 24.1 Å². The summed E-state index contributed by atoms with van der Waals surface area (Å²) in [5.41, 5.74) is 5.33. The van der Waals surface area contributed by atoms with Crippen LogP contribution in [0.1, 0.15) is 45.4 Å². The number of hydrogen-bond donors (Lipinski definition) is 6. The van der Waals surface area contributed by atoms with E-state index in [1.807, 2.05) is 6.92 Å². The Morgan fingerprint density at radius 3 is 1.76 bits per heavy atom. The Morgan fingerprint density at radius 1 is 0.714 bits per heavy atom. The van der Waals surface area contributed by atoms with E-state index in [4.69, 9.17) is 29.8 Å². The van der Waals surface area contributed by atoms with E-state index in [0.717, 1.165) is 6.42 Å². The van der Waals surface area contributed by atoms with Gasteiger partial charge in [-0.3, -0.25) is 24.0 Å². The predicted octanol–water partition coefficient (Wildman–Crippen LogP) is -1.37. The van der Waals surface area contributed by atoms with Crippen LogP contribution >= 0.6 is 0 Å². The summed E-state index contributed by atoms with van der Waals surface area (Å²) in [6.07, 6.45) is 2.47. The number of ether oxygens (including phenoxy) is 4. The molecule has 0 aliphatic carbocycles. The molecule has 0 unspecified atom stereocenters. The van der Waals surface area contributed by atoms with Crippen LogP contribution in [0.5, 0.6) is 0 Å². The van der Waals surface area contributed by atoms with Gasteiger partial charge in [0.1, 0.15) is 19.3 Å². The van der Waals surface area contributed by atoms with Gasteiger partial charge in [-0.25, -0.2) is 0 Å². The standard InChI is InChI=1S/C26H48FN5O10/c1-2-8-29-21(25(27)36)5-3-4-9-30-23(34)18-41-16-15-40-13-11-32-24(35)19-42-17-14-39-12-10-31-22(33)7-6-20(28)26(37)38/h20-21,29H,2-19,28H2,1H3,(H,30,34)(H,31,33)(H,32,35)(H,37,38)/t20-,21-/m0/s1. The van der Waals surface area contributed by atoms with E-state index in [1.54, 1.807) is 0 Å². The number of carbonyl (C=O) groups excluding carboxylic acids is 4. The summed E-state index contributed by atoms with van der Waals surface area (Å²) < 4.78 is 34.0. The van der Waals surface area contributed by atoms with E-state index in [2.05, 4.69) is 21.3 Å². The molecule has 244 valence electrons. The summed E-state index contributed by atoms with van der Waals surface area (Å²) >= 11 is 0. The molecule has 0 bridgehead atoms. The van der Waals surface area contributed by atoms with Crippen molar-refractivity contribution in [2.45, 2.75) is 57.5 Å². The van der Waals surface area contributed by atoms with Crippen LogP contribution in [0.2, 0.25) is 0 Å². The Balaban J connectivity index is 3.48. The number of hydrogen-bond acceptors (Lipinski definition) is 11. The minimum Gasteiger partial charge on any atom is -0.480 e. The van der Waals surface area contributed by atoms with E-state index in [0.29, 0.717) is 32.4 Å². The highest BCUT2D eigenvalue weighted by Gasteiger charge is 2.16. The minimum atomic E-state index is -1.36. The number of aliphatic carboxylic acids is 1. The molecule has 0 fully saturated rings. The maximum atomic E-state index is 12.9. The fourth-order valence-electron chi connectivity index (χ4n) is 3.21. The first kappa shape index (κ1) is 39.2. The third-order valence-corrected chi connectivity index (χ3v) is 5.50. The summed E-state index contributed by atoms with van der Waals surface area (Å²) in [6.45, 7) is 4.54. The summed E-state index contributed by atoms with van der Waals surface area (Å²) in [6, 6.07) is -3.22. The van der Waals surface area contributed by atoms with Crippen LogP contribution in [0.4, 0.5) is 4.39 Å². The van der Waals surface area contributed by atoms with Crippen molar-refractivity contribution < 1.29 is 52.4 Å². The number of carbonyl (C=O) groups is 5. The highest BCUT2D eigenvalue weighted by molar-refractivity contribution is 5.78. The molecule has 7 N–H and O–H groups in total. The summed E-state index contributed by atoms with van der Waals surface area (Å²) in [4.78, 5) is 56.5. The van der Waals surface area contributed by atoms with Gasteiger partial charge in [-0.1, -0.05) is 6.92 Å². The van der Waals surface area contributed by atoms with Crippen molar-refractivity contribution in [2.24, 2.45) is 5.73 Å². The number of carboxylic acid groups (broad SMARTS) is 1. The lowest BCUT2D eigenvalue weighted by atomic mass is 10.1. The average molecular weight is 610 g/mol. The fraction of sp³-hybridized carbons (Fsp3) is 0.808. The molecule has 0 heterocycles. The second-order valence-electron chi connectivity index (χ2n) is 9.17.